The monoisotopic (exact) mass is 336 g/mol. The summed E-state index contributed by atoms with van der Waals surface area (Å²) >= 11 is 0. The summed E-state index contributed by atoms with van der Waals surface area (Å²) in [6.07, 6.45) is 6.55. The molecular formula is C21H24N2O2. The fraction of sp³-hybridized carbons (Fsp3) is 0.429. The van der Waals surface area contributed by atoms with E-state index in [2.05, 4.69) is 34.6 Å². The molecule has 2 aliphatic carbocycles. The molecule has 2 aromatic rings. The number of aryl methyl sites for hydroxylation is 2. The highest BCUT2D eigenvalue weighted by Gasteiger charge is 2.44. The van der Waals surface area contributed by atoms with Gasteiger partial charge in [0.15, 0.2) is 0 Å². The van der Waals surface area contributed by atoms with Crippen LogP contribution in [0, 0.1) is 0 Å². The third-order valence-electron chi connectivity index (χ3n) is 5.53. The van der Waals surface area contributed by atoms with E-state index in [4.69, 9.17) is 4.74 Å². The average molecular weight is 336 g/mol. The van der Waals surface area contributed by atoms with Crippen molar-refractivity contribution in [1.82, 2.24) is 10.3 Å². The van der Waals surface area contributed by atoms with Crippen LogP contribution in [0.15, 0.2) is 36.4 Å². The molecule has 4 heteroatoms. The molecule has 0 atom stereocenters. The zero-order valence-electron chi connectivity index (χ0n) is 14.7. The van der Waals surface area contributed by atoms with Crippen molar-refractivity contribution in [3.8, 4) is 5.88 Å². The van der Waals surface area contributed by atoms with E-state index in [-0.39, 0.29) is 11.3 Å². The van der Waals surface area contributed by atoms with Crippen LogP contribution in [0.5, 0.6) is 5.88 Å². The predicted molar refractivity (Wildman–Crippen MR) is 97.1 cm³/mol. The van der Waals surface area contributed by atoms with Gasteiger partial charge in [-0.1, -0.05) is 30.3 Å². The Morgan fingerprint density at radius 3 is 2.68 bits per heavy atom. The largest absolute Gasteiger partial charge is 0.480 e. The molecule has 0 aliphatic heterocycles. The summed E-state index contributed by atoms with van der Waals surface area (Å²) in [7, 11) is 1.58. The molecule has 25 heavy (non-hydrogen) atoms. The number of hydrogen-bond acceptors (Lipinski definition) is 3. The molecule has 0 saturated heterocycles. The van der Waals surface area contributed by atoms with Crippen molar-refractivity contribution in [3.63, 3.8) is 0 Å². The van der Waals surface area contributed by atoms with Crippen LogP contribution in [0.25, 0.3) is 0 Å². The van der Waals surface area contributed by atoms with E-state index in [0.717, 1.165) is 37.8 Å². The van der Waals surface area contributed by atoms with Gasteiger partial charge >= 0.3 is 0 Å². The van der Waals surface area contributed by atoms with Gasteiger partial charge in [-0.2, -0.15) is 0 Å². The zero-order valence-corrected chi connectivity index (χ0v) is 14.7. The van der Waals surface area contributed by atoms with Crippen molar-refractivity contribution in [2.24, 2.45) is 0 Å². The summed E-state index contributed by atoms with van der Waals surface area (Å²) in [6.45, 7) is 0.663. The Morgan fingerprint density at radius 2 is 1.96 bits per heavy atom. The molecule has 0 radical (unpaired) electrons. The molecule has 4 nitrogen and oxygen atoms in total. The topological polar surface area (TPSA) is 51.2 Å². The van der Waals surface area contributed by atoms with Crippen molar-refractivity contribution < 1.29 is 9.53 Å². The van der Waals surface area contributed by atoms with E-state index in [1.165, 1.54) is 17.5 Å². The van der Waals surface area contributed by atoms with Crippen LogP contribution >= 0.6 is 0 Å². The molecule has 1 fully saturated rings. The van der Waals surface area contributed by atoms with E-state index >= 15 is 0 Å². The van der Waals surface area contributed by atoms with Crippen molar-refractivity contribution in [2.75, 3.05) is 13.7 Å². The molecule has 0 spiro atoms. The predicted octanol–water partition coefficient (Wildman–Crippen LogP) is 3.43. The lowest BCUT2D eigenvalue weighted by atomic mass is 9.94. The van der Waals surface area contributed by atoms with Crippen LogP contribution in [0.2, 0.25) is 0 Å². The van der Waals surface area contributed by atoms with Gasteiger partial charge in [0.1, 0.15) is 5.56 Å². The van der Waals surface area contributed by atoms with Gasteiger partial charge in [0, 0.05) is 17.7 Å². The Bertz CT molecular complexity index is 782. The summed E-state index contributed by atoms with van der Waals surface area (Å²) < 4.78 is 5.39. The Labute approximate surface area is 148 Å². The molecule has 130 valence electrons. The number of fused-ring (bicyclic) bond motifs is 1. The van der Waals surface area contributed by atoms with Gasteiger partial charge in [-0.3, -0.25) is 4.79 Å². The lowest BCUT2D eigenvalue weighted by molar-refractivity contribution is 0.0945. The van der Waals surface area contributed by atoms with Gasteiger partial charge in [-0.15, -0.1) is 0 Å². The Hall–Kier alpha value is -2.36. The normalized spacial score (nSPS) is 17.5. The van der Waals surface area contributed by atoms with Gasteiger partial charge in [0.25, 0.3) is 5.91 Å². The summed E-state index contributed by atoms with van der Waals surface area (Å²) in [6, 6.07) is 12.4. The van der Waals surface area contributed by atoms with Crippen molar-refractivity contribution >= 4 is 5.91 Å². The molecule has 1 amide bonds. The minimum Gasteiger partial charge on any atom is -0.480 e. The number of benzene rings is 1. The van der Waals surface area contributed by atoms with Crippen LogP contribution in [-0.4, -0.2) is 24.5 Å². The Balaban J connectivity index is 1.52. The van der Waals surface area contributed by atoms with E-state index < -0.39 is 0 Å². The molecule has 2 aliphatic rings. The number of methoxy groups -OCH3 is 1. The van der Waals surface area contributed by atoms with E-state index in [0.29, 0.717) is 18.0 Å². The first-order valence-corrected chi connectivity index (χ1v) is 9.12. The average Bonchev–Trinajstić information content (AvgIpc) is 3.47. The van der Waals surface area contributed by atoms with Crippen LogP contribution < -0.4 is 10.1 Å². The first kappa shape index (κ1) is 16.1. The highest BCUT2D eigenvalue weighted by molar-refractivity contribution is 5.96. The fourth-order valence-corrected chi connectivity index (χ4v) is 3.79. The lowest BCUT2D eigenvalue weighted by Gasteiger charge is -2.19. The number of rotatable bonds is 5. The third-order valence-corrected chi connectivity index (χ3v) is 5.53. The van der Waals surface area contributed by atoms with Crippen molar-refractivity contribution in [1.29, 1.82) is 0 Å². The number of ether oxygens (including phenoxy) is 1. The van der Waals surface area contributed by atoms with E-state index in [9.17, 15) is 4.79 Å². The number of amides is 1. The SMILES string of the molecule is COc1nc2c(cc1C(=O)NCC1(c3ccccc3)CC1)CCCC2. The summed E-state index contributed by atoms with van der Waals surface area (Å²) in [5, 5.41) is 3.12. The maximum absolute atomic E-state index is 12.8. The number of carbonyl (C=O) groups excluding carboxylic acids is 1. The van der Waals surface area contributed by atoms with Gasteiger partial charge in [-0.05, 0) is 55.7 Å². The molecule has 1 N–H and O–H groups in total. The molecule has 1 saturated carbocycles. The van der Waals surface area contributed by atoms with Crippen molar-refractivity contribution in [3.05, 3.63) is 58.8 Å². The molecule has 1 heterocycles. The Kier molecular flexibility index (Phi) is 4.20. The number of nitrogens with one attached hydrogen (secondary N) is 1. The standard InChI is InChI=1S/C21H24N2O2/c1-25-20-17(13-15-7-5-6-10-18(15)23-20)19(24)22-14-21(11-12-21)16-8-3-2-4-9-16/h2-4,8-9,13H,5-7,10-12,14H2,1H3,(H,22,24). The molecule has 1 aromatic heterocycles. The number of pyridine rings is 1. The highest BCUT2D eigenvalue weighted by Crippen LogP contribution is 2.47. The van der Waals surface area contributed by atoms with Crippen LogP contribution in [-0.2, 0) is 18.3 Å². The van der Waals surface area contributed by atoms with Gasteiger partial charge < -0.3 is 10.1 Å². The second-order valence-electron chi connectivity index (χ2n) is 7.19. The number of nitrogens with zero attached hydrogens (tertiary/aromatic N) is 1. The van der Waals surface area contributed by atoms with Crippen LogP contribution in [0.4, 0.5) is 0 Å². The molecule has 0 bridgehead atoms. The molecule has 0 unspecified atom stereocenters. The number of hydrogen-bond donors (Lipinski definition) is 1. The van der Waals surface area contributed by atoms with Gasteiger partial charge in [-0.25, -0.2) is 4.98 Å². The second-order valence-corrected chi connectivity index (χ2v) is 7.19. The van der Waals surface area contributed by atoms with Crippen molar-refractivity contribution in [2.45, 2.75) is 43.9 Å². The third kappa shape index (κ3) is 3.13. The highest BCUT2D eigenvalue weighted by atomic mass is 16.5. The fourth-order valence-electron chi connectivity index (χ4n) is 3.79. The molecule has 4 rings (SSSR count). The lowest BCUT2D eigenvalue weighted by Crippen LogP contribution is -2.32. The number of carbonyl (C=O) groups is 1. The minimum atomic E-state index is -0.0834. The Morgan fingerprint density at radius 1 is 1.20 bits per heavy atom. The van der Waals surface area contributed by atoms with E-state index in [1.807, 2.05) is 12.1 Å². The van der Waals surface area contributed by atoms with E-state index in [1.54, 1.807) is 7.11 Å². The minimum absolute atomic E-state index is 0.0834. The first-order chi connectivity index (χ1) is 12.2. The summed E-state index contributed by atoms with van der Waals surface area (Å²) in [5.74, 6) is 0.364. The molecular weight excluding hydrogens is 312 g/mol. The maximum Gasteiger partial charge on any atom is 0.256 e. The first-order valence-electron chi connectivity index (χ1n) is 9.12. The van der Waals surface area contributed by atoms with Gasteiger partial charge in [0.05, 0.1) is 7.11 Å². The summed E-state index contributed by atoms with van der Waals surface area (Å²) in [5.41, 5.74) is 4.26. The number of aromatic nitrogens is 1. The zero-order chi connectivity index (χ0) is 17.3. The maximum atomic E-state index is 12.8. The van der Waals surface area contributed by atoms with Crippen LogP contribution in [0.3, 0.4) is 0 Å². The quantitative estimate of drug-likeness (QED) is 0.910. The van der Waals surface area contributed by atoms with Crippen LogP contribution in [0.1, 0.15) is 52.9 Å². The molecule has 1 aromatic carbocycles. The smallest absolute Gasteiger partial charge is 0.256 e. The second kappa shape index (κ2) is 6.51. The van der Waals surface area contributed by atoms with Gasteiger partial charge in [0.2, 0.25) is 5.88 Å². The summed E-state index contributed by atoms with van der Waals surface area (Å²) in [4.78, 5) is 17.4.